The highest BCUT2D eigenvalue weighted by Crippen LogP contribution is 2.22. The van der Waals surface area contributed by atoms with Crippen LogP contribution in [0.15, 0.2) is 48.5 Å². The molecule has 1 amide bonds. The molecule has 2 aromatic rings. The fraction of sp³-hybridized carbons (Fsp3) is 0.435. The molecule has 2 aromatic carbocycles. The van der Waals surface area contributed by atoms with Crippen LogP contribution in [0.5, 0.6) is 11.5 Å². The summed E-state index contributed by atoms with van der Waals surface area (Å²) in [5, 5.41) is 3.38. The van der Waals surface area contributed by atoms with Gasteiger partial charge in [0.15, 0.2) is 0 Å². The van der Waals surface area contributed by atoms with Gasteiger partial charge in [-0.15, -0.1) is 0 Å². The Hall–Kier alpha value is -2.53. The molecule has 1 N–H and O–H groups in total. The second-order valence-electron chi connectivity index (χ2n) is 7.90. The number of amides is 1. The maximum Gasteiger partial charge on any atom is 0.410 e. The number of benzene rings is 2. The van der Waals surface area contributed by atoms with Crippen LogP contribution in [0.3, 0.4) is 0 Å². The van der Waals surface area contributed by atoms with Crippen molar-refractivity contribution < 1.29 is 14.3 Å². The van der Waals surface area contributed by atoms with E-state index >= 15 is 0 Å². The zero-order valence-electron chi connectivity index (χ0n) is 17.6. The number of hydrogen-bond acceptors (Lipinski definition) is 4. The van der Waals surface area contributed by atoms with Crippen molar-refractivity contribution in [2.45, 2.75) is 52.8 Å². The van der Waals surface area contributed by atoms with Gasteiger partial charge in [-0.25, -0.2) is 4.79 Å². The molecule has 0 atom stereocenters. The van der Waals surface area contributed by atoms with Crippen molar-refractivity contribution in [2.75, 3.05) is 13.6 Å². The minimum atomic E-state index is -0.495. The number of carbonyl (C=O) groups excluding carboxylic acids is 1. The molecule has 0 radical (unpaired) electrons. The van der Waals surface area contributed by atoms with Gasteiger partial charge in [-0.3, -0.25) is 0 Å². The second kappa shape index (κ2) is 10.1. The minimum Gasteiger partial charge on any atom is -0.457 e. The van der Waals surface area contributed by atoms with Crippen molar-refractivity contribution in [3.05, 3.63) is 59.7 Å². The molecular weight excluding hydrogens is 352 g/mol. The molecule has 5 nitrogen and oxygen atoms in total. The lowest BCUT2D eigenvalue weighted by atomic mass is 10.2. The van der Waals surface area contributed by atoms with Crippen LogP contribution in [0.4, 0.5) is 4.79 Å². The summed E-state index contributed by atoms with van der Waals surface area (Å²) in [6.45, 7) is 10.1. The summed E-state index contributed by atoms with van der Waals surface area (Å²) in [6, 6.07) is 15.8. The van der Waals surface area contributed by atoms with Crippen molar-refractivity contribution in [3.63, 3.8) is 0 Å². The van der Waals surface area contributed by atoms with Crippen LogP contribution < -0.4 is 10.1 Å². The Balaban J connectivity index is 1.87. The number of ether oxygens (including phenoxy) is 2. The van der Waals surface area contributed by atoms with Gasteiger partial charge in [-0.05, 0) is 69.1 Å². The van der Waals surface area contributed by atoms with Gasteiger partial charge in [-0.2, -0.15) is 0 Å². The smallest absolute Gasteiger partial charge is 0.410 e. The standard InChI is InChI=1S/C23H32N2O3/c1-6-15-24-16-18-7-11-20(12-8-18)27-21-13-9-19(10-14-21)17-25(5)22(26)28-23(2,3)4/h7-14,24H,6,15-17H2,1-5H3. The van der Waals surface area contributed by atoms with Gasteiger partial charge in [0, 0.05) is 20.1 Å². The summed E-state index contributed by atoms with van der Waals surface area (Å²) >= 11 is 0. The van der Waals surface area contributed by atoms with Crippen molar-refractivity contribution in [2.24, 2.45) is 0 Å². The molecule has 0 bridgehead atoms. The molecule has 0 saturated heterocycles. The van der Waals surface area contributed by atoms with E-state index in [0.29, 0.717) is 6.54 Å². The summed E-state index contributed by atoms with van der Waals surface area (Å²) in [5.74, 6) is 1.57. The molecule has 5 heteroatoms. The van der Waals surface area contributed by atoms with Gasteiger partial charge in [0.2, 0.25) is 0 Å². The third-order valence-electron chi connectivity index (χ3n) is 3.96. The minimum absolute atomic E-state index is 0.332. The summed E-state index contributed by atoms with van der Waals surface area (Å²) in [5.41, 5.74) is 1.75. The first kappa shape index (κ1) is 21.8. The summed E-state index contributed by atoms with van der Waals surface area (Å²) in [4.78, 5) is 13.6. The topological polar surface area (TPSA) is 50.8 Å². The van der Waals surface area contributed by atoms with Crippen LogP contribution in [-0.4, -0.2) is 30.2 Å². The maximum absolute atomic E-state index is 12.1. The van der Waals surface area contributed by atoms with Crippen LogP contribution in [0.25, 0.3) is 0 Å². The van der Waals surface area contributed by atoms with Crippen LogP contribution in [0, 0.1) is 0 Å². The predicted octanol–water partition coefficient (Wildman–Crippen LogP) is 5.35. The van der Waals surface area contributed by atoms with Crippen molar-refractivity contribution in [1.82, 2.24) is 10.2 Å². The number of nitrogens with one attached hydrogen (secondary N) is 1. The summed E-state index contributed by atoms with van der Waals surface area (Å²) in [6.07, 6.45) is 0.798. The van der Waals surface area contributed by atoms with Gasteiger partial charge >= 0.3 is 6.09 Å². The van der Waals surface area contributed by atoms with E-state index in [4.69, 9.17) is 9.47 Å². The Morgan fingerprint density at radius 3 is 2.00 bits per heavy atom. The molecule has 0 aliphatic heterocycles. The molecule has 0 spiro atoms. The van der Waals surface area contributed by atoms with E-state index in [0.717, 1.165) is 36.6 Å². The average molecular weight is 385 g/mol. The molecule has 2 rings (SSSR count). The van der Waals surface area contributed by atoms with Crippen molar-refractivity contribution >= 4 is 6.09 Å². The SMILES string of the molecule is CCCNCc1ccc(Oc2ccc(CN(C)C(=O)OC(C)(C)C)cc2)cc1. The van der Waals surface area contributed by atoms with Gasteiger partial charge in [0.05, 0.1) is 0 Å². The first-order chi connectivity index (χ1) is 13.3. The molecule has 152 valence electrons. The van der Waals surface area contributed by atoms with E-state index in [1.54, 1.807) is 11.9 Å². The highest BCUT2D eigenvalue weighted by Gasteiger charge is 2.19. The molecule has 0 heterocycles. The molecule has 0 aliphatic rings. The summed E-state index contributed by atoms with van der Waals surface area (Å²) in [7, 11) is 1.73. The Bertz CT molecular complexity index is 734. The number of hydrogen-bond donors (Lipinski definition) is 1. The Morgan fingerprint density at radius 1 is 0.964 bits per heavy atom. The van der Waals surface area contributed by atoms with E-state index in [9.17, 15) is 4.79 Å². The quantitative estimate of drug-likeness (QED) is 0.624. The molecular formula is C23H32N2O3. The van der Waals surface area contributed by atoms with Crippen LogP contribution >= 0.6 is 0 Å². The normalized spacial score (nSPS) is 11.2. The van der Waals surface area contributed by atoms with E-state index < -0.39 is 5.60 Å². The molecule has 0 aromatic heterocycles. The first-order valence-electron chi connectivity index (χ1n) is 9.77. The summed E-state index contributed by atoms with van der Waals surface area (Å²) < 4.78 is 11.3. The highest BCUT2D eigenvalue weighted by atomic mass is 16.6. The van der Waals surface area contributed by atoms with E-state index in [-0.39, 0.29) is 6.09 Å². The van der Waals surface area contributed by atoms with Gasteiger partial charge < -0.3 is 19.7 Å². The van der Waals surface area contributed by atoms with Crippen LogP contribution in [-0.2, 0) is 17.8 Å². The Kier molecular flexibility index (Phi) is 7.88. The monoisotopic (exact) mass is 384 g/mol. The fourth-order valence-corrected chi connectivity index (χ4v) is 2.56. The zero-order chi connectivity index (χ0) is 20.6. The zero-order valence-corrected chi connectivity index (χ0v) is 17.6. The van der Waals surface area contributed by atoms with Crippen molar-refractivity contribution in [1.29, 1.82) is 0 Å². The molecule has 28 heavy (non-hydrogen) atoms. The van der Waals surface area contributed by atoms with Gasteiger partial charge in [-0.1, -0.05) is 31.2 Å². The lowest BCUT2D eigenvalue weighted by Gasteiger charge is -2.24. The van der Waals surface area contributed by atoms with Gasteiger partial charge in [0.25, 0.3) is 0 Å². The molecule has 0 fully saturated rings. The maximum atomic E-state index is 12.1. The largest absolute Gasteiger partial charge is 0.457 e. The molecule has 0 aliphatic carbocycles. The number of rotatable bonds is 8. The number of carbonyl (C=O) groups is 1. The fourth-order valence-electron chi connectivity index (χ4n) is 2.56. The lowest BCUT2D eigenvalue weighted by molar-refractivity contribution is 0.0285. The highest BCUT2D eigenvalue weighted by molar-refractivity contribution is 5.67. The molecule has 0 unspecified atom stereocenters. The lowest BCUT2D eigenvalue weighted by Crippen LogP contribution is -2.33. The Labute approximate surface area is 168 Å². The third-order valence-corrected chi connectivity index (χ3v) is 3.96. The van der Waals surface area contributed by atoms with E-state index in [2.05, 4.69) is 24.4 Å². The van der Waals surface area contributed by atoms with Crippen molar-refractivity contribution in [3.8, 4) is 11.5 Å². The van der Waals surface area contributed by atoms with E-state index in [1.165, 1.54) is 5.56 Å². The van der Waals surface area contributed by atoms with E-state index in [1.807, 2.05) is 57.2 Å². The first-order valence-corrected chi connectivity index (χ1v) is 9.77. The predicted molar refractivity (Wildman–Crippen MR) is 113 cm³/mol. The second-order valence-corrected chi connectivity index (χ2v) is 7.90. The third kappa shape index (κ3) is 7.61. The van der Waals surface area contributed by atoms with Crippen LogP contribution in [0.2, 0.25) is 0 Å². The van der Waals surface area contributed by atoms with Crippen LogP contribution in [0.1, 0.15) is 45.2 Å². The number of nitrogens with zero attached hydrogens (tertiary/aromatic N) is 1. The molecule has 0 saturated carbocycles. The Morgan fingerprint density at radius 2 is 1.50 bits per heavy atom. The average Bonchev–Trinajstić information content (AvgIpc) is 2.63. The van der Waals surface area contributed by atoms with Gasteiger partial charge in [0.1, 0.15) is 17.1 Å².